The van der Waals surface area contributed by atoms with E-state index in [1.165, 1.54) is 11.0 Å². The van der Waals surface area contributed by atoms with Gasteiger partial charge in [-0.25, -0.2) is 9.78 Å². The second-order valence-corrected chi connectivity index (χ2v) is 11.5. The molecular formula is C34H36N2O9S. The Hall–Kier alpha value is -4.84. The van der Waals surface area contributed by atoms with E-state index in [1.807, 2.05) is 6.92 Å². The summed E-state index contributed by atoms with van der Waals surface area (Å²) in [5.41, 5.74) is 0.889. The summed E-state index contributed by atoms with van der Waals surface area (Å²) >= 11 is 0.917. The zero-order valence-electron chi connectivity index (χ0n) is 26.0. The van der Waals surface area contributed by atoms with Gasteiger partial charge in [0.05, 0.1) is 30.5 Å². The quantitative estimate of drug-likeness (QED) is 0.0574. The third-order valence-corrected chi connectivity index (χ3v) is 8.49. The Kier molecular flexibility index (Phi) is 10.3. The Balaban J connectivity index is 1.64. The van der Waals surface area contributed by atoms with Gasteiger partial charge in [0.25, 0.3) is 5.78 Å². The average Bonchev–Trinajstić information content (AvgIpc) is 3.57. The van der Waals surface area contributed by atoms with Crippen molar-refractivity contribution in [1.29, 1.82) is 0 Å². The number of fused-ring (bicyclic) bond motifs is 1. The first kappa shape index (κ1) is 32.6. The van der Waals surface area contributed by atoms with Crippen LogP contribution < -0.4 is 23.8 Å². The fourth-order valence-electron chi connectivity index (χ4n) is 5.18. The van der Waals surface area contributed by atoms with Gasteiger partial charge in [-0.05, 0) is 56.2 Å². The molecule has 1 fully saturated rings. The lowest BCUT2D eigenvalue weighted by Gasteiger charge is -2.24. The number of esters is 1. The van der Waals surface area contributed by atoms with Crippen LogP contribution in [0.3, 0.4) is 0 Å². The number of aryl methyl sites for hydroxylation is 1. The van der Waals surface area contributed by atoms with Gasteiger partial charge in [-0.2, -0.15) is 0 Å². The van der Waals surface area contributed by atoms with Crippen LogP contribution in [0.5, 0.6) is 23.0 Å². The molecule has 1 atom stereocenters. The Labute approximate surface area is 271 Å². The van der Waals surface area contributed by atoms with Crippen molar-refractivity contribution in [2.75, 3.05) is 37.9 Å². The third-order valence-electron chi connectivity index (χ3n) is 7.36. The number of rotatable bonds is 13. The number of carbonyl (C=O) groups is 3. The molecule has 0 radical (unpaired) electrons. The summed E-state index contributed by atoms with van der Waals surface area (Å²) in [6, 6.07) is 8.81. The van der Waals surface area contributed by atoms with E-state index in [4.69, 9.17) is 23.7 Å². The van der Waals surface area contributed by atoms with Gasteiger partial charge < -0.3 is 28.8 Å². The lowest BCUT2D eigenvalue weighted by atomic mass is 9.95. The van der Waals surface area contributed by atoms with Crippen LogP contribution in [-0.4, -0.2) is 60.8 Å². The molecule has 1 N–H and O–H groups in total. The fourth-order valence-corrected chi connectivity index (χ4v) is 6.17. The molecule has 0 aliphatic carbocycles. The molecule has 5 rings (SSSR count). The molecule has 46 heavy (non-hydrogen) atoms. The van der Waals surface area contributed by atoms with Crippen molar-refractivity contribution in [2.45, 2.75) is 46.1 Å². The second kappa shape index (κ2) is 14.5. The monoisotopic (exact) mass is 648 g/mol. The van der Waals surface area contributed by atoms with Gasteiger partial charge in [-0.3, -0.25) is 14.5 Å². The highest BCUT2D eigenvalue weighted by molar-refractivity contribution is 7.17. The van der Waals surface area contributed by atoms with Crippen LogP contribution in [0.1, 0.15) is 65.6 Å². The molecule has 1 saturated heterocycles. The van der Waals surface area contributed by atoms with Crippen molar-refractivity contribution in [2.24, 2.45) is 0 Å². The predicted molar refractivity (Wildman–Crippen MR) is 172 cm³/mol. The van der Waals surface area contributed by atoms with Crippen LogP contribution in [0.25, 0.3) is 5.76 Å². The lowest BCUT2D eigenvalue weighted by Crippen LogP contribution is -2.29. The number of anilines is 1. The summed E-state index contributed by atoms with van der Waals surface area (Å²) < 4.78 is 28.4. The number of nitrogens with zero attached hydrogens (tertiary/aromatic N) is 2. The number of hydrogen-bond acceptors (Lipinski definition) is 11. The largest absolute Gasteiger partial charge is 0.507 e. The SMILES string of the molecule is C=CCOC(=O)c1sc(N2C(=O)C(=O)/C(=C(/O)c3ccc4c(c3)OCCO4)[C@H]2c2ccc(OCCCCC)c(OCC)c2)nc1C. The van der Waals surface area contributed by atoms with Crippen molar-refractivity contribution < 1.29 is 43.2 Å². The number of Topliss-reactive ketones (excluding diaryl/α,β-unsaturated/α-hetero) is 1. The number of unbranched alkanes of at least 4 members (excludes halogenated alkanes) is 2. The summed E-state index contributed by atoms with van der Waals surface area (Å²) in [4.78, 5) is 46.2. The number of aliphatic hydroxyl groups is 1. The molecular weight excluding hydrogens is 612 g/mol. The van der Waals surface area contributed by atoms with Gasteiger partial charge in [0.2, 0.25) is 0 Å². The van der Waals surface area contributed by atoms with Gasteiger partial charge >= 0.3 is 11.9 Å². The molecule has 2 aliphatic rings. The number of amides is 1. The van der Waals surface area contributed by atoms with Gasteiger partial charge in [0, 0.05) is 5.56 Å². The molecule has 3 heterocycles. The standard InChI is InChI=1S/C34H36N2O9S/c1-5-8-9-15-42-23-12-10-21(18-25(23)41-7-3)28-27(29(37)22-11-13-24-26(19-22)44-17-16-43-24)30(38)32(39)36(28)34-35-20(4)31(46-34)33(40)45-14-6-2/h6,10-13,18-19,28,37H,2,5,7-9,14-17H2,1,3-4H3/b29-27+/t28-/m1/s1. The summed E-state index contributed by atoms with van der Waals surface area (Å²) in [5, 5.41) is 11.8. The molecule has 11 nitrogen and oxygen atoms in total. The topological polar surface area (TPSA) is 134 Å². The predicted octanol–water partition coefficient (Wildman–Crippen LogP) is 6.16. The van der Waals surface area contributed by atoms with Crippen LogP contribution in [0.4, 0.5) is 5.13 Å². The molecule has 3 aromatic rings. The smallest absolute Gasteiger partial charge is 0.350 e. The average molecular weight is 649 g/mol. The van der Waals surface area contributed by atoms with E-state index in [0.29, 0.717) is 60.7 Å². The van der Waals surface area contributed by atoms with Crippen LogP contribution in [0.15, 0.2) is 54.6 Å². The maximum Gasteiger partial charge on any atom is 0.350 e. The number of aromatic nitrogens is 1. The molecule has 0 saturated carbocycles. The number of ether oxygens (including phenoxy) is 5. The van der Waals surface area contributed by atoms with E-state index < -0.39 is 29.5 Å². The van der Waals surface area contributed by atoms with E-state index in [0.717, 1.165) is 30.6 Å². The van der Waals surface area contributed by atoms with Crippen LogP contribution in [0, 0.1) is 6.92 Å². The van der Waals surface area contributed by atoms with Gasteiger partial charge in [-0.1, -0.05) is 49.8 Å². The van der Waals surface area contributed by atoms with E-state index in [9.17, 15) is 19.5 Å². The molecule has 1 amide bonds. The molecule has 242 valence electrons. The van der Waals surface area contributed by atoms with Crippen molar-refractivity contribution in [3.8, 4) is 23.0 Å². The molecule has 0 unspecified atom stereocenters. The molecule has 1 aromatic heterocycles. The normalized spacial score (nSPS) is 16.8. The molecule has 2 aromatic carbocycles. The van der Waals surface area contributed by atoms with E-state index in [2.05, 4.69) is 18.5 Å². The number of benzene rings is 2. The van der Waals surface area contributed by atoms with Crippen LogP contribution >= 0.6 is 11.3 Å². The first-order chi connectivity index (χ1) is 22.3. The Morgan fingerprint density at radius 2 is 1.87 bits per heavy atom. The van der Waals surface area contributed by atoms with Crippen molar-refractivity contribution >= 4 is 39.9 Å². The summed E-state index contributed by atoms with van der Waals surface area (Å²) in [7, 11) is 0. The Bertz CT molecular complexity index is 1680. The first-order valence-corrected chi connectivity index (χ1v) is 16.0. The number of hydrogen-bond donors (Lipinski definition) is 1. The highest BCUT2D eigenvalue weighted by atomic mass is 32.1. The Morgan fingerprint density at radius 3 is 2.61 bits per heavy atom. The van der Waals surface area contributed by atoms with Crippen molar-refractivity contribution in [3.63, 3.8) is 0 Å². The molecule has 2 aliphatic heterocycles. The first-order valence-electron chi connectivity index (χ1n) is 15.1. The second-order valence-electron chi connectivity index (χ2n) is 10.5. The van der Waals surface area contributed by atoms with Gasteiger partial charge in [-0.15, -0.1) is 0 Å². The van der Waals surface area contributed by atoms with Crippen LogP contribution in [0.2, 0.25) is 0 Å². The summed E-state index contributed by atoms with van der Waals surface area (Å²) in [6.07, 6.45) is 4.39. The zero-order valence-corrected chi connectivity index (χ0v) is 26.8. The number of aliphatic hydroxyl groups excluding tert-OH is 1. The fraction of sp³-hybridized carbons (Fsp3) is 0.353. The van der Waals surface area contributed by atoms with Gasteiger partial charge in [0.1, 0.15) is 30.5 Å². The van der Waals surface area contributed by atoms with Gasteiger partial charge in [0.15, 0.2) is 28.1 Å². The van der Waals surface area contributed by atoms with Crippen LogP contribution in [-0.2, 0) is 14.3 Å². The molecule has 12 heteroatoms. The Morgan fingerprint density at radius 1 is 1.09 bits per heavy atom. The maximum atomic E-state index is 13.8. The zero-order chi connectivity index (χ0) is 32.8. The minimum Gasteiger partial charge on any atom is -0.507 e. The van der Waals surface area contributed by atoms with Crippen molar-refractivity contribution in [3.05, 3.63) is 76.3 Å². The lowest BCUT2D eigenvalue weighted by molar-refractivity contribution is -0.132. The maximum absolute atomic E-state index is 13.8. The van der Waals surface area contributed by atoms with E-state index in [1.54, 1.807) is 43.3 Å². The number of carbonyl (C=O) groups excluding carboxylic acids is 3. The minimum absolute atomic E-state index is 0.00137. The van der Waals surface area contributed by atoms with Crippen molar-refractivity contribution in [1.82, 2.24) is 4.98 Å². The molecule has 0 bridgehead atoms. The van der Waals surface area contributed by atoms with E-state index >= 15 is 0 Å². The summed E-state index contributed by atoms with van der Waals surface area (Å²) in [6.45, 7) is 10.7. The third kappa shape index (κ3) is 6.57. The number of thiazole rings is 1. The highest BCUT2D eigenvalue weighted by Gasteiger charge is 2.49. The van der Waals surface area contributed by atoms with E-state index in [-0.39, 0.29) is 27.8 Å². The number of ketones is 1. The summed E-state index contributed by atoms with van der Waals surface area (Å²) in [5.74, 6) is -1.02. The minimum atomic E-state index is -1.12. The molecule has 0 spiro atoms. The highest BCUT2D eigenvalue weighted by Crippen LogP contribution is 2.46.